The molecule has 0 unspecified atom stereocenters. The van der Waals surface area contributed by atoms with Gasteiger partial charge in [0.25, 0.3) is 11.8 Å². The summed E-state index contributed by atoms with van der Waals surface area (Å²) >= 11 is 6.27. The molecule has 0 bridgehead atoms. The molecule has 0 aliphatic carbocycles. The lowest BCUT2D eigenvalue weighted by Crippen LogP contribution is -2.30. The molecule has 154 valence electrons. The average Bonchev–Trinajstić information content (AvgIpc) is 2.69. The fraction of sp³-hybridized carbons (Fsp3) is 0.318. The standard InChI is InChI=1S/C22H26ClN3O3/c1-5-26(6-2)22(29)18-12-11-17(13-19(18)23)25-21(28)15-7-9-16(10-8-15)24-20(27)14(3)4/h7-14H,5-6H2,1-4H3,(H,24,27)(H,25,28). The van der Waals surface area contributed by atoms with Crippen LogP contribution in [0.3, 0.4) is 0 Å². The molecule has 0 aliphatic rings. The molecule has 2 rings (SSSR count). The van der Waals surface area contributed by atoms with E-state index >= 15 is 0 Å². The van der Waals surface area contributed by atoms with Crippen molar-refractivity contribution in [1.82, 2.24) is 4.90 Å². The number of carbonyl (C=O) groups is 3. The predicted octanol–water partition coefficient (Wildman–Crippen LogP) is 4.67. The first-order chi connectivity index (χ1) is 13.8. The Bertz CT molecular complexity index is 891. The van der Waals surface area contributed by atoms with Crippen LogP contribution in [0.25, 0.3) is 0 Å². The topological polar surface area (TPSA) is 78.5 Å². The van der Waals surface area contributed by atoms with Crippen LogP contribution in [-0.4, -0.2) is 35.7 Å². The van der Waals surface area contributed by atoms with E-state index in [-0.39, 0.29) is 28.7 Å². The van der Waals surface area contributed by atoms with Crippen LogP contribution < -0.4 is 10.6 Å². The van der Waals surface area contributed by atoms with E-state index in [4.69, 9.17) is 11.6 Å². The zero-order valence-corrected chi connectivity index (χ0v) is 17.8. The highest BCUT2D eigenvalue weighted by atomic mass is 35.5. The Morgan fingerprint density at radius 3 is 2.03 bits per heavy atom. The number of halogens is 1. The number of amides is 3. The van der Waals surface area contributed by atoms with Crippen LogP contribution in [0.2, 0.25) is 5.02 Å². The summed E-state index contributed by atoms with van der Waals surface area (Å²) in [6.07, 6.45) is 0. The fourth-order valence-electron chi connectivity index (χ4n) is 2.64. The highest BCUT2D eigenvalue weighted by Crippen LogP contribution is 2.23. The third-order valence-corrected chi connectivity index (χ3v) is 4.76. The molecular formula is C22H26ClN3O3. The van der Waals surface area contributed by atoms with Crippen LogP contribution in [0.1, 0.15) is 48.4 Å². The van der Waals surface area contributed by atoms with Gasteiger partial charge in [0.05, 0.1) is 10.6 Å². The second-order valence-corrected chi connectivity index (χ2v) is 7.25. The third-order valence-electron chi connectivity index (χ3n) is 4.45. The van der Waals surface area contributed by atoms with Crippen molar-refractivity contribution in [2.24, 2.45) is 5.92 Å². The van der Waals surface area contributed by atoms with E-state index in [1.165, 1.54) is 0 Å². The summed E-state index contributed by atoms with van der Waals surface area (Å²) in [4.78, 5) is 38.3. The maximum atomic E-state index is 12.5. The lowest BCUT2D eigenvalue weighted by molar-refractivity contribution is -0.118. The van der Waals surface area contributed by atoms with Crippen LogP contribution in [0.15, 0.2) is 42.5 Å². The molecule has 0 heterocycles. The summed E-state index contributed by atoms with van der Waals surface area (Å²) < 4.78 is 0. The van der Waals surface area contributed by atoms with Crippen molar-refractivity contribution in [2.75, 3.05) is 23.7 Å². The monoisotopic (exact) mass is 415 g/mol. The van der Waals surface area contributed by atoms with Gasteiger partial charge in [-0.2, -0.15) is 0 Å². The molecule has 0 atom stereocenters. The molecule has 2 N–H and O–H groups in total. The first kappa shape index (κ1) is 22.4. The molecule has 2 aromatic carbocycles. The lowest BCUT2D eigenvalue weighted by atomic mass is 10.1. The van der Waals surface area contributed by atoms with Crippen LogP contribution in [-0.2, 0) is 4.79 Å². The van der Waals surface area contributed by atoms with Gasteiger partial charge in [0, 0.05) is 35.9 Å². The van der Waals surface area contributed by atoms with E-state index in [2.05, 4.69) is 10.6 Å². The van der Waals surface area contributed by atoms with Gasteiger partial charge in [-0.1, -0.05) is 25.4 Å². The van der Waals surface area contributed by atoms with Gasteiger partial charge >= 0.3 is 0 Å². The van der Waals surface area contributed by atoms with Crippen molar-refractivity contribution < 1.29 is 14.4 Å². The zero-order valence-electron chi connectivity index (χ0n) is 17.1. The second kappa shape index (κ2) is 10.1. The van der Waals surface area contributed by atoms with Gasteiger partial charge in [-0.3, -0.25) is 14.4 Å². The number of rotatable bonds is 7. The van der Waals surface area contributed by atoms with Crippen LogP contribution >= 0.6 is 11.6 Å². The van der Waals surface area contributed by atoms with Gasteiger partial charge in [-0.25, -0.2) is 0 Å². The Balaban J connectivity index is 2.08. The van der Waals surface area contributed by atoms with E-state index < -0.39 is 0 Å². The van der Waals surface area contributed by atoms with Crippen molar-refractivity contribution in [3.63, 3.8) is 0 Å². The largest absolute Gasteiger partial charge is 0.339 e. The minimum atomic E-state index is -0.314. The summed E-state index contributed by atoms with van der Waals surface area (Å²) in [6.45, 7) is 8.62. The van der Waals surface area contributed by atoms with Gasteiger partial charge < -0.3 is 15.5 Å². The molecule has 29 heavy (non-hydrogen) atoms. The van der Waals surface area contributed by atoms with E-state index in [1.54, 1.807) is 47.4 Å². The summed E-state index contributed by atoms with van der Waals surface area (Å²) in [5.74, 6) is -0.668. The van der Waals surface area contributed by atoms with Crippen molar-refractivity contribution in [1.29, 1.82) is 0 Å². The minimum Gasteiger partial charge on any atom is -0.339 e. The Hall–Kier alpha value is -2.86. The van der Waals surface area contributed by atoms with Gasteiger partial charge in [0.15, 0.2) is 0 Å². The Labute approximate surface area is 176 Å². The third kappa shape index (κ3) is 5.81. The first-order valence-corrected chi connectivity index (χ1v) is 9.95. The molecule has 6 nitrogen and oxygen atoms in total. The highest BCUT2D eigenvalue weighted by Gasteiger charge is 2.17. The van der Waals surface area contributed by atoms with Gasteiger partial charge in [-0.05, 0) is 56.3 Å². The van der Waals surface area contributed by atoms with Gasteiger partial charge in [0.2, 0.25) is 5.91 Å². The summed E-state index contributed by atoms with van der Waals surface area (Å²) in [5, 5.41) is 5.83. The van der Waals surface area contributed by atoms with Crippen molar-refractivity contribution in [3.8, 4) is 0 Å². The maximum absolute atomic E-state index is 12.5. The van der Waals surface area contributed by atoms with Crippen molar-refractivity contribution in [3.05, 3.63) is 58.6 Å². The Morgan fingerprint density at radius 2 is 1.52 bits per heavy atom. The Morgan fingerprint density at radius 1 is 0.931 bits per heavy atom. The van der Waals surface area contributed by atoms with Gasteiger partial charge in [0.1, 0.15) is 0 Å². The number of nitrogens with one attached hydrogen (secondary N) is 2. The molecule has 2 aromatic rings. The quantitative estimate of drug-likeness (QED) is 0.689. The smallest absolute Gasteiger partial charge is 0.255 e. The molecular weight excluding hydrogens is 390 g/mol. The van der Waals surface area contributed by atoms with Crippen molar-refractivity contribution in [2.45, 2.75) is 27.7 Å². The Kier molecular flexibility index (Phi) is 7.79. The van der Waals surface area contributed by atoms with E-state index in [0.29, 0.717) is 35.6 Å². The summed E-state index contributed by atoms with van der Waals surface area (Å²) in [5.41, 5.74) is 1.96. The molecule has 0 spiro atoms. The molecule has 0 saturated carbocycles. The molecule has 0 radical (unpaired) electrons. The number of carbonyl (C=O) groups excluding carboxylic acids is 3. The molecule has 0 aromatic heterocycles. The van der Waals surface area contributed by atoms with Crippen LogP contribution in [0.5, 0.6) is 0 Å². The molecule has 3 amide bonds. The highest BCUT2D eigenvalue weighted by molar-refractivity contribution is 6.34. The summed E-state index contributed by atoms with van der Waals surface area (Å²) in [6, 6.07) is 11.4. The van der Waals surface area contributed by atoms with Crippen LogP contribution in [0.4, 0.5) is 11.4 Å². The molecule has 7 heteroatoms. The normalized spacial score (nSPS) is 10.6. The zero-order chi connectivity index (χ0) is 21.6. The van der Waals surface area contributed by atoms with Crippen molar-refractivity contribution >= 4 is 40.7 Å². The number of benzene rings is 2. The van der Waals surface area contributed by atoms with Crippen LogP contribution in [0, 0.1) is 5.92 Å². The maximum Gasteiger partial charge on any atom is 0.255 e. The predicted molar refractivity (Wildman–Crippen MR) is 117 cm³/mol. The lowest BCUT2D eigenvalue weighted by Gasteiger charge is -2.19. The molecule has 0 fully saturated rings. The average molecular weight is 416 g/mol. The SMILES string of the molecule is CCN(CC)C(=O)c1ccc(NC(=O)c2ccc(NC(=O)C(C)C)cc2)cc1Cl. The number of hydrogen-bond donors (Lipinski definition) is 2. The van der Waals surface area contributed by atoms with E-state index in [0.717, 1.165) is 0 Å². The summed E-state index contributed by atoms with van der Waals surface area (Å²) in [7, 11) is 0. The number of nitrogens with zero attached hydrogens (tertiary/aromatic N) is 1. The number of hydrogen-bond acceptors (Lipinski definition) is 3. The minimum absolute atomic E-state index is 0.0869. The molecule has 0 aliphatic heterocycles. The second-order valence-electron chi connectivity index (χ2n) is 6.85. The van der Waals surface area contributed by atoms with E-state index in [9.17, 15) is 14.4 Å². The molecule has 0 saturated heterocycles. The fourth-order valence-corrected chi connectivity index (χ4v) is 2.90. The van der Waals surface area contributed by atoms with E-state index in [1.807, 2.05) is 27.7 Å². The van der Waals surface area contributed by atoms with Gasteiger partial charge in [-0.15, -0.1) is 0 Å². The first-order valence-electron chi connectivity index (χ1n) is 9.57. The number of anilines is 2.